The van der Waals surface area contributed by atoms with Crippen molar-refractivity contribution < 1.29 is 9.84 Å². The minimum Gasteiger partial charge on any atom is -0.390 e. The molecule has 0 aromatic rings. The normalized spacial score (nSPS) is 19.6. The Hall–Kier alpha value is 0.270. The molecule has 2 atom stereocenters. The molecular formula is C18H36O2S. The first-order valence-corrected chi connectivity index (χ1v) is 10.3. The topological polar surface area (TPSA) is 29.5 Å². The quantitative estimate of drug-likeness (QED) is 0.512. The van der Waals surface area contributed by atoms with Gasteiger partial charge in [0.05, 0.1) is 18.8 Å². The summed E-state index contributed by atoms with van der Waals surface area (Å²) in [4.78, 5) is 0. The maximum Gasteiger partial charge on any atom is 0.0863 e. The highest BCUT2D eigenvalue weighted by Crippen LogP contribution is 2.27. The molecule has 1 rings (SSSR count). The zero-order valence-electron chi connectivity index (χ0n) is 14.2. The van der Waals surface area contributed by atoms with Gasteiger partial charge in [-0.05, 0) is 37.9 Å². The molecule has 1 saturated carbocycles. The van der Waals surface area contributed by atoms with Crippen LogP contribution in [0, 0.1) is 5.92 Å². The molecule has 0 saturated heterocycles. The van der Waals surface area contributed by atoms with E-state index in [4.69, 9.17) is 4.74 Å². The van der Waals surface area contributed by atoms with Gasteiger partial charge in [-0.3, -0.25) is 0 Å². The second kappa shape index (κ2) is 12.8. The second-order valence-electron chi connectivity index (χ2n) is 6.58. The lowest BCUT2D eigenvalue weighted by Gasteiger charge is -2.28. The molecule has 0 aliphatic heterocycles. The van der Waals surface area contributed by atoms with Crippen LogP contribution in [0.15, 0.2) is 0 Å². The molecule has 0 aromatic carbocycles. The molecule has 0 amide bonds. The number of aliphatic hydroxyl groups excluding tert-OH is 1. The number of unbranched alkanes of at least 4 members (excludes halogenated alkanes) is 4. The number of hydrogen-bond donors (Lipinski definition) is 1. The zero-order valence-corrected chi connectivity index (χ0v) is 15.0. The molecule has 1 aliphatic rings. The first kappa shape index (κ1) is 19.3. The standard InChI is InChI=1S/C18H36O2S/c1-3-4-5-6-10-13-21-15-18(19)14-20-16(2)17-11-8-7-9-12-17/h16-19H,3-15H2,1-2H3. The van der Waals surface area contributed by atoms with Gasteiger partial charge in [-0.25, -0.2) is 0 Å². The third-order valence-corrected chi connectivity index (χ3v) is 5.77. The highest BCUT2D eigenvalue weighted by atomic mass is 32.2. The van der Waals surface area contributed by atoms with Crippen LogP contribution in [0.5, 0.6) is 0 Å². The fraction of sp³-hybridized carbons (Fsp3) is 1.00. The Morgan fingerprint density at radius 1 is 1.10 bits per heavy atom. The number of aliphatic hydroxyl groups is 1. The molecule has 0 radical (unpaired) electrons. The van der Waals surface area contributed by atoms with Crippen LogP contribution in [-0.2, 0) is 4.74 Å². The van der Waals surface area contributed by atoms with E-state index in [0.29, 0.717) is 12.7 Å². The monoisotopic (exact) mass is 316 g/mol. The van der Waals surface area contributed by atoms with Gasteiger partial charge in [0.1, 0.15) is 0 Å². The SMILES string of the molecule is CCCCCCCSCC(O)COC(C)C1CCCCC1. The van der Waals surface area contributed by atoms with E-state index in [1.54, 1.807) is 0 Å². The zero-order chi connectivity index (χ0) is 15.3. The summed E-state index contributed by atoms with van der Waals surface area (Å²) in [5.74, 6) is 2.72. The molecule has 0 bridgehead atoms. The van der Waals surface area contributed by atoms with Gasteiger partial charge in [0.2, 0.25) is 0 Å². The minimum absolute atomic E-state index is 0.295. The van der Waals surface area contributed by atoms with E-state index in [2.05, 4.69) is 13.8 Å². The maximum atomic E-state index is 9.99. The van der Waals surface area contributed by atoms with Crippen LogP contribution in [0.1, 0.15) is 78.1 Å². The van der Waals surface area contributed by atoms with E-state index >= 15 is 0 Å². The Morgan fingerprint density at radius 3 is 2.52 bits per heavy atom. The van der Waals surface area contributed by atoms with Gasteiger partial charge >= 0.3 is 0 Å². The average molecular weight is 317 g/mol. The summed E-state index contributed by atoms with van der Waals surface area (Å²) in [6.45, 7) is 4.95. The van der Waals surface area contributed by atoms with Gasteiger partial charge in [-0.1, -0.05) is 51.9 Å². The van der Waals surface area contributed by atoms with Crippen LogP contribution in [0.3, 0.4) is 0 Å². The van der Waals surface area contributed by atoms with Gasteiger partial charge in [-0.15, -0.1) is 0 Å². The highest BCUT2D eigenvalue weighted by molar-refractivity contribution is 7.99. The fourth-order valence-electron chi connectivity index (χ4n) is 3.08. The molecule has 0 aromatic heterocycles. The fourth-order valence-corrected chi connectivity index (χ4v) is 4.02. The van der Waals surface area contributed by atoms with Gasteiger partial charge in [0.15, 0.2) is 0 Å². The number of rotatable bonds is 12. The van der Waals surface area contributed by atoms with E-state index in [1.165, 1.54) is 70.0 Å². The van der Waals surface area contributed by atoms with Crippen molar-refractivity contribution >= 4 is 11.8 Å². The molecule has 0 spiro atoms. The molecule has 2 unspecified atom stereocenters. The second-order valence-corrected chi connectivity index (χ2v) is 7.73. The lowest BCUT2D eigenvalue weighted by Crippen LogP contribution is -2.28. The lowest BCUT2D eigenvalue weighted by molar-refractivity contribution is -0.0265. The summed E-state index contributed by atoms with van der Waals surface area (Å²) in [7, 11) is 0. The molecule has 21 heavy (non-hydrogen) atoms. The van der Waals surface area contributed by atoms with E-state index in [0.717, 1.165) is 11.7 Å². The van der Waals surface area contributed by atoms with Crippen molar-refractivity contribution in [3.8, 4) is 0 Å². The van der Waals surface area contributed by atoms with Crippen molar-refractivity contribution in [3.05, 3.63) is 0 Å². The van der Waals surface area contributed by atoms with Crippen LogP contribution in [-0.4, -0.2) is 35.4 Å². The van der Waals surface area contributed by atoms with Crippen molar-refractivity contribution in [2.45, 2.75) is 90.3 Å². The predicted molar refractivity (Wildman–Crippen MR) is 94.1 cm³/mol. The van der Waals surface area contributed by atoms with Crippen molar-refractivity contribution in [1.29, 1.82) is 0 Å². The van der Waals surface area contributed by atoms with Crippen LogP contribution < -0.4 is 0 Å². The molecule has 1 aliphatic carbocycles. The van der Waals surface area contributed by atoms with Gasteiger partial charge in [0.25, 0.3) is 0 Å². The molecular weight excluding hydrogens is 280 g/mol. The summed E-state index contributed by atoms with van der Waals surface area (Å²) in [6.07, 6.45) is 13.4. The highest BCUT2D eigenvalue weighted by Gasteiger charge is 2.21. The lowest BCUT2D eigenvalue weighted by atomic mass is 9.86. The average Bonchev–Trinajstić information content (AvgIpc) is 2.52. The minimum atomic E-state index is -0.295. The van der Waals surface area contributed by atoms with E-state index < -0.39 is 0 Å². The molecule has 1 N–H and O–H groups in total. The number of thioether (sulfide) groups is 1. The number of ether oxygens (including phenoxy) is 1. The first-order chi connectivity index (χ1) is 10.2. The molecule has 2 nitrogen and oxygen atoms in total. The van der Waals surface area contributed by atoms with Crippen molar-refractivity contribution in [1.82, 2.24) is 0 Å². The molecule has 1 fully saturated rings. The first-order valence-electron chi connectivity index (χ1n) is 9.11. The predicted octanol–water partition coefficient (Wildman–Crippen LogP) is 5.04. The van der Waals surface area contributed by atoms with Gasteiger partial charge in [0, 0.05) is 5.75 Å². The Bertz CT molecular complexity index is 229. The van der Waals surface area contributed by atoms with Crippen molar-refractivity contribution in [2.75, 3.05) is 18.1 Å². The molecule has 126 valence electrons. The van der Waals surface area contributed by atoms with Gasteiger partial charge in [-0.2, -0.15) is 11.8 Å². The summed E-state index contributed by atoms with van der Waals surface area (Å²) in [5.41, 5.74) is 0. The van der Waals surface area contributed by atoms with E-state index in [-0.39, 0.29) is 6.10 Å². The summed E-state index contributed by atoms with van der Waals surface area (Å²) < 4.78 is 5.89. The van der Waals surface area contributed by atoms with Crippen LogP contribution in [0.2, 0.25) is 0 Å². The third kappa shape index (κ3) is 9.80. The Labute approximate surface area is 136 Å². The smallest absolute Gasteiger partial charge is 0.0863 e. The molecule has 0 heterocycles. The Morgan fingerprint density at radius 2 is 1.81 bits per heavy atom. The summed E-state index contributed by atoms with van der Waals surface area (Å²) in [5, 5.41) is 9.99. The molecule has 3 heteroatoms. The summed E-state index contributed by atoms with van der Waals surface area (Å²) >= 11 is 1.88. The number of hydrogen-bond acceptors (Lipinski definition) is 3. The van der Waals surface area contributed by atoms with Crippen molar-refractivity contribution in [2.24, 2.45) is 5.92 Å². The summed E-state index contributed by atoms with van der Waals surface area (Å²) in [6, 6.07) is 0. The Balaban J connectivity index is 1.94. The van der Waals surface area contributed by atoms with Crippen LogP contribution in [0.4, 0.5) is 0 Å². The van der Waals surface area contributed by atoms with E-state index in [9.17, 15) is 5.11 Å². The Kier molecular flexibility index (Phi) is 11.8. The third-order valence-electron chi connectivity index (χ3n) is 4.57. The van der Waals surface area contributed by atoms with Gasteiger partial charge < -0.3 is 9.84 Å². The van der Waals surface area contributed by atoms with Crippen LogP contribution in [0.25, 0.3) is 0 Å². The maximum absolute atomic E-state index is 9.99. The van der Waals surface area contributed by atoms with E-state index in [1.807, 2.05) is 11.8 Å². The van der Waals surface area contributed by atoms with Crippen LogP contribution >= 0.6 is 11.8 Å². The van der Waals surface area contributed by atoms with Crippen molar-refractivity contribution in [3.63, 3.8) is 0 Å². The largest absolute Gasteiger partial charge is 0.390 e.